The van der Waals surface area contributed by atoms with E-state index in [1.807, 2.05) is 0 Å². The van der Waals surface area contributed by atoms with Crippen LogP contribution in [0.5, 0.6) is 0 Å². The molecule has 2 aliphatic heterocycles. The number of carboxylic acids is 1. The number of fused-ring (bicyclic) bond motifs is 1. The first-order chi connectivity index (χ1) is 13.4. The molecule has 1 fully saturated rings. The smallest absolute Gasteiger partial charge is 0.353 e. The molecule has 146 valence electrons. The van der Waals surface area contributed by atoms with Gasteiger partial charge in [-0.3, -0.25) is 14.5 Å². The lowest BCUT2D eigenvalue weighted by molar-refractivity contribution is -0.150. The summed E-state index contributed by atoms with van der Waals surface area (Å²) >= 11 is 2.13. The zero-order chi connectivity index (χ0) is 20.4. The van der Waals surface area contributed by atoms with Crippen molar-refractivity contribution < 1.29 is 24.3 Å². The number of hydrogen-bond acceptors (Lipinski definition) is 10. The highest BCUT2D eigenvalue weighted by molar-refractivity contribution is 8.00. The van der Waals surface area contributed by atoms with Crippen molar-refractivity contribution in [1.82, 2.24) is 19.6 Å². The molecule has 0 aliphatic carbocycles. The Balaban J connectivity index is 1.80. The predicted octanol–water partition coefficient (Wildman–Crippen LogP) is -0.767. The van der Waals surface area contributed by atoms with Gasteiger partial charge < -0.3 is 21.0 Å². The van der Waals surface area contributed by atoms with E-state index in [1.54, 1.807) is 6.92 Å². The molecule has 0 bridgehead atoms. The van der Waals surface area contributed by atoms with Crippen molar-refractivity contribution in [3.8, 4) is 12.3 Å². The summed E-state index contributed by atoms with van der Waals surface area (Å²) in [6.07, 6.45) is 5.33. The summed E-state index contributed by atoms with van der Waals surface area (Å²) in [5.74, 6) is -0.121. The molecule has 0 radical (unpaired) electrons. The van der Waals surface area contributed by atoms with E-state index in [9.17, 15) is 19.5 Å². The minimum Gasteiger partial charge on any atom is -0.477 e. The molecule has 0 spiro atoms. The average Bonchev–Trinajstić information content (AvgIpc) is 3.10. The molecular formula is C15H14N6O5S2. The molecule has 1 saturated heterocycles. The van der Waals surface area contributed by atoms with Gasteiger partial charge in [-0.25, -0.2) is 4.79 Å². The summed E-state index contributed by atoms with van der Waals surface area (Å²) in [5.41, 5.74) is 5.28. The molecule has 0 unspecified atom stereocenters. The molecule has 13 heteroatoms. The first-order valence-electron chi connectivity index (χ1n) is 7.87. The van der Waals surface area contributed by atoms with Crippen LogP contribution >= 0.6 is 23.3 Å². The zero-order valence-electron chi connectivity index (χ0n) is 14.4. The van der Waals surface area contributed by atoms with Crippen molar-refractivity contribution in [2.75, 3.05) is 18.1 Å². The Kier molecular flexibility index (Phi) is 5.52. The Labute approximate surface area is 167 Å². The largest absolute Gasteiger partial charge is 0.477 e. The van der Waals surface area contributed by atoms with Gasteiger partial charge in [0.05, 0.1) is 0 Å². The van der Waals surface area contributed by atoms with Crippen LogP contribution in [0, 0.1) is 12.3 Å². The van der Waals surface area contributed by atoms with Crippen molar-refractivity contribution in [3.63, 3.8) is 0 Å². The fraction of sp³-hybridized carbons (Fsp3) is 0.333. The van der Waals surface area contributed by atoms with Crippen LogP contribution in [-0.2, 0) is 19.2 Å². The number of nitrogens with one attached hydrogen (secondary N) is 1. The molecule has 2 aliphatic rings. The van der Waals surface area contributed by atoms with E-state index in [4.69, 9.17) is 17.0 Å². The molecule has 4 N–H and O–H groups in total. The molecular weight excluding hydrogens is 408 g/mol. The highest BCUT2D eigenvalue weighted by Crippen LogP contribution is 2.40. The quantitative estimate of drug-likeness (QED) is 0.231. The third kappa shape index (κ3) is 3.39. The van der Waals surface area contributed by atoms with Crippen molar-refractivity contribution >= 4 is 51.9 Å². The second-order valence-corrected chi connectivity index (χ2v) is 7.34. The van der Waals surface area contributed by atoms with Crippen molar-refractivity contribution in [2.24, 2.45) is 5.16 Å². The maximum Gasteiger partial charge on any atom is 0.353 e. The van der Waals surface area contributed by atoms with Crippen LogP contribution in [0.3, 0.4) is 0 Å². The summed E-state index contributed by atoms with van der Waals surface area (Å²) in [4.78, 5) is 46.5. The molecule has 0 aromatic carbocycles. The van der Waals surface area contributed by atoms with E-state index >= 15 is 0 Å². The number of terminal acetylenes is 1. The average molecular weight is 422 g/mol. The number of oxime groups is 1. The first-order valence-corrected chi connectivity index (χ1v) is 9.69. The van der Waals surface area contributed by atoms with E-state index in [0.717, 1.165) is 16.4 Å². The monoisotopic (exact) mass is 422 g/mol. The van der Waals surface area contributed by atoms with Crippen LogP contribution in [0.4, 0.5) is 5.13 Å². The van der Waals surface area contributed by atoms with Crippen LogP contribution in [0.15, 0.2) is 16.4 Å². The van der Waals surface area contributed by atoms with Gasteiger partial charge in [0.25, 0.3) is 11.8 Å². The van der Waals surface area contributed by atoms with Crippen molar-refractivity contribution in [1.29, 1.82) is 0 Å². The molecule has 1 aromatic heterocycles. The molecule has 3 heterocycles. The number of anilines is 1. The molecule has 2 amide bonds. The summed E-state index contributed by atoms with van der Waals surface area (Å²) in [5, 5.41) is 15.2. The van der Waals surface area contributed by atoms with Gasteiger partial charge in [0, 0.05) is 22.9 Å². The van der Waals surface area contributed by atoms with Gasteiger partial charge in [-0.15, -0.1) is 18.2 Å². The van der Waals surface area contributed by atoms with Gasteiger partial charge in [-0.1, -0.05) is 11.1 Å². The van der Waals surface area contributed by atoms with Gasteiger partial charge in [0.2, 0.25) is 11.5 Å². The van der Waals surface area contributed by atoms with E-state index in [2.05, 4.69) is 25.8 Å². The number of rotatable bonds is 6. The van der Waals surface area contributed by atoms with Crippen molar-refractivity contribution in [2.45, 2.75) is 18.3 Å². The number of aromatic nitrogens is 2. The molecule has 11 nitrogen and oxygen atoms in total. The Morgan fingerprint density at radius 1 is 1.57 bits per heavy atom. The predicted molar refractivity (Wildman–Crippen MR) is 101 cm³/mol. The minimum atomic E-state index is -1.29. The van der Waals surface area contributed by atoms with Crippen LogP contribution in [0.25, 0.3) is 0 Å². The Morgan fingerprint density at radius 2 is 2.32 bits per heavy atom. The highest BCUT2D eigenvalue weighted by Gasteiger charge is 2.54. The Bertz CT molecular complexity index is 949. The fourth-order valence-corrected chi connectivity index (χ4v) is 4.31. The fourth-order valence-electron chi connectivity index (χ4n) is 2.58. The number of thioether (sulfide) groups is 1. The lowest BCUT2D eigenvalue weighted by Crippen LogP contribution is -2.71. The van der Waals surface area contributed by atoms with E-state index in [0.29, 0.717) is 0 Å². The highest BCUT2D eigenvalue weighted by atomic mass is 32.2. The van der Waals surface area contributed by atoms with Crippen LogP contribution in [-0.4, -0.2) is 66.6 Å². The Hall–Kier alpha value is -3.11. The second kappa shape index (κ2) is 7.87. The summed E-state index contributed by atoms with van der Waals surface area (Å²) in [6.45, 7) is 1.88. The lowest BCUT2D eigenvalue weighted by atomic mass is 10.0. The standard InChI is InChI=1S/C15H14N6O5S2/c1-3-6-5-27-13-8(12(23)21(13)9(6)14(24)25)17-11(22)7(19-26-4-2)10-18-15(16)28-20-10/h1,8,13H,4-5H2,2H3,(H,17,22)(H,24,25)(H2,16,18,20)/b19-7-/t8-,13-/m1/s1. The number of carbonyl (C=O) groups is 3. The number of amides is 2. The minimum absolute atomic E-state index is 0.0332. The maximum atomic E-state index is 12.6. The number of hydrogen-bond donors (Lipinski definition) is 3. The summed E-state index contributed by atoms with van der Waals surface area (Å²) in [6, 6.07) is -0.950. The van der Waals surface area contributed by atoms with E-state index in [-0.39, 0.29) is 40.3 Å². The number of aliphatic carboxylic acids is 1. The molecule has 1 aromatic rings. The molecule has 2 atom stereocenters. The zero-order valence-corrected chi connectivity index (χ0v) is 16.0. The summed E-state index contributed by atoms with van der Waals surface area (Å²) < 4.78 is 3.92. The number of nitrogen functional groups attached to an aromatic ring is 1. The van der Waals surface area contributed by atoms with Crippen molar-refractivity contribution in [3.05, 3.63) is 17.1 Å². The lowest BCUT2D eigenvalue weighted by Gasteiger charge is -2.48. The Morgan fingerprint density at radius 3 is 2.89 bits per heavy atom. The number of nitrogens with two attached hydrogens (primary N) is 1. The van der Waals surface area contributed by atoms with E-state index < -0.39 is 29.2 Å². The number of nitrogens with zero attached hydrogens (tertiary/aromatic N) is 4. The van der Waals surface area contributed by atoms with Gasteiger partial charge in [0.15, 0.2) is 5.13 Å². The van der Waals surface area contributed by atoms with Gasteiger partial charge >= 0.3 is 5.97 Å². The van der Waals surface area contributed by atoms with Gasteiger partial charge in [-0.05, 0) is 6.92 Å². The summed E-state index contributed by atoms with van der Waals surface area (Å²) in [7, 11) is 0. The van der Waals surface area contributed by atoms with Crippen LogP contribution in [0.1, 0.15) is 12.7 Å². The molecule has 28 heavy (non-hydrogen) atoms. The normalized spacial score (nSPS) is 21.5. The molecule has 0 saturated carbocycles. The number of carboxylic acid groups (broad SMARTS) is 1. The third-order valence-electron chi connectivity index (χ3n) is 3.79. The second-order valence-electron chi connectivity index (χ2n) is 5.45. The van der Waals surface area contributed by atoms with E-state index in [1.165, 1.54) is 11.8 Å². The SMILES string of the molecule is C#CC1=C(C(=O)O)N2C(=O)[C@@H](NC(=O)/C(=N\OCC)c3nsc(N)n3)[C@H]2SC1. The van der Waals surface area contributed by atoms with Gasteiger partial charge in [0.1, 0.15) is 23.7 Å². The topological polar surface area (TPSA) is 160 Å². The third-order valence-corrected chi connectivity index (χ3v) is 5.61. The number of β-lactam (4-membered cyclic amide) rings is 1. The maximum absolute atomic E-state index is 12.6. The molecule has 3 rings (SSSR count). The first kappa shape index (κ1) is 19.6. The number of carbonyl (C=O) groups excluding carboxylic acids is 2. The van der Waals surface area contributed by atoms with Gasteiger partial charge in [-0.2, -0.15) is 9.36 Å². The van der Waals surface area contributed by atoms with Crippen LogP contribution < -0.4 is 11.1 Å². The van der Waals surface area contributed by atoms with Crippen LogP contribution in [0.2, 0.25) is 0 Å².